The Morgan fingerprint density at radius 3 is 2.32 bits per heavy atom. The lowest BCUT2D eigenvalue weighted by molar-refractivity contribution is -0.137. The summed E-state index contributed by atoms with van der Waals surface area (Å²) in [7, 11) is 0. The highest BCUT2D eigenvalue weighted by atomic mass is 19.4. The number of imidazole rings is 1. The number of rotatable bonds is 3. The average molecular weight is 306 g/mol. The van der Waals surface area contributed by atoms with Crippen molar-refractivity contribution in [2.75, 3.05) is 0 Å². The molecule has 0 spiro atoms. The van der Waals surface area contributed by atoms with E-state index in [4.69, 9.17) is 0 Å². The molecular formula is C16H13F3N2O. The van der Waals surface area contributed by atoms with Gasteiger partial charge in [-0.3, -0.25) is 0 Å². The van der Waals surface area contributed by atoms with E-state index in [-0.39, 0.29) is 6.61 Å². The standard InChI is InChI=1S/C16H13F3N2O/c17-16(18,19)12-7-5-11(6-8-12)9-21-14-4-2-1-3-13(14)20-15(21)10-22/h1-8,22H,9-10H2. The van der Waals surface area contributed by atoms with Crippen LogP contribution in [0.3, 0.4) is 0 Å². The van der Waals surface area contributed by atoms with E-state index in [1.165, 1.54) is 12.1 Å². The van der Waals surface area contributed by atoms with Gasteiger partial charge < -0.3 is 9.67 Å². The first-order valence-electron chi connectivity index (χ1n) is 6.70. The van der Waals surface area contributed by atoms with Gasteiger partial charge in [0.15, 0.2) is 0 Å². The van der Waals surface area contributed by atoms with Crippen molar-refractivity contribution in [2.24, 2.45) is 0 Å². The second-order valence-electron chi connectivity index (χ2n) is 4.96. The van der Waals surface area contributed by atoms with Crippen LogP contribution in [0.15, 0.2) is 48.5 Å². The van der Waals surface area contributed by atoms with Gasteiger partial charge in [-0.15, -0.1) is 0 Å². The zero-order valence-electron chi connectivity index (χ0n) is 11.5. The van der Waals surface area contributed by atoms with Crippen LogP contribution in [0.1, 0.15) is 17.0 Å². The second kappa shape index (κ2) is 5.46. The van der Waals surface area contributed by atoms with E-state index in [2.05, 4.69) is 4.98 Å². The minimum atomic E-state index is -4.34. The topological polar surface area (TPSA) is 38.1 Å². The second-order valence-corrected chi connectivity index (χ2v) is 4.96. The third kappa shape index (κ3) is 2.69. The van der Waals surface area contributed by atoms with Crippen LogP contribution in [-0.4, -0.2) is 14.7 Å². The van der Waals surface area contributed by atoms with Gasteiger partial charge in [0.1, 0.15) is 12.4 Å². The third-order valence-corrected chi connectivity index (χ3v) is 3.50. The van der Waals surface area contributed by atoms with E-state index < -0.39 is 11.7 Å². The van der Waals surface area contributed by atoms with E-state index in [0.29, 0.717) is 17.9 Å². The zero-order valence-corrected chi connectivity index (χ0v) is 11.5. The number of fused-ring (bicyclic) bond motifs is 1. The molecule has 1 aromatic heterocycles. The van der Waals surface area contributed by atoms with E-state index in [9.17, 15) is 18.3 Å². The van der Waals surface area contributed by atoms with Gasteiger partial charge in [-0.1, -0.05) is 24.3 Å². The molecule has 3 aromatic rings. The van der Waals surface area contributed by atoms with Crippen LogP contribution < -0.4 is 0 Å². The highest BCUT2D eigenvalue weighted by molar-refractivity contribution is 5.76. The number of benzene rings is 2. The van der Waals surface area contributed by atoms with Crippen molar-refractivity contribution in [3.8, 4) is 0 Å². The molecule has 0 fully saturated rings. The van der Waals surface area contributed by atoms with Crippen LogP contribution in [0.4, 0.5) is 13.2 Å². The number of hydrogen-bond donors (Lipinski definition) is 1. The first-order chi connectivity index (χ1) is 10.5. The van der Waals surface area contributed by atoms with Crippen LogP contribution in [0, 0.1) is 0 Å². The molecule has 0 amide bonds. The first kappa shape index (κ1) is 14.6. The summed E-state index contributed by atoms with van der Waals surface area (Å²) in [4.78, 5) is 4.32. The van der Waals surface area contributed by atoms with Crippen LogP contribution >= 0.6 is 0 Å². The molecule has 1 N–H and O–H groups in total. The Bertz CT molecular complexity index is 791. The van der Waals surface area contributed by atoms with Gasteiger partial charge in [0.2, 0.25) is 0 Å². The number of aromatic nitrogens is 2. The molecule has 22 heavy (non-hydrogen) atoms. The number of para-hydroxylation sites is 2. The third-order valence-electron chi connectivity index (χ3n) is 3.50. The molecule has 0 radical (unpaired) electrons. The molecule has 0 aliphatic rings. The Labute approximate surface area is 124 Å². The van der Waals surface area contributed by atoms with Crippen molar-refractivity contribution in [2.45, 2.75) is 19.3 Å². The molecule has 0 saturated carbocycles. The van der Waals surface area contributed by atoms with E-state index in [0.717, 1.165) is 23.2 Å². The highest BCUT2D eigenvalue weighted by Gasteiger charge is 2.29. The Hall–Kier alpha value is -2.34. The lowest BCUT2D eigenvalue weighted by atomic mass is 10.1. The number of aliphatic hydroxyl groups is 1. The van der Waals surface area contributed by atoms with Crippen molar-refractivity contribution in [1.82, 2.24) is 9.55 Å². The first-order valence-corrected chi connectivity index (χ1v) is 6.70. The van der Waals surface area contributed by atoms with E-state index >= 15 is 0 Å². The van der Waals surface area contributed by atoms with Crippen molar-refractivity contribution in [3.05, 3.63) is 65.5 Å². The SMILES string of the molecule is OCc1nc2ccccc2n1Cc1ccc(C(F)(F)F)cc1. The fourth-order valence-electron chi connectivity index (χ4n) is 2.40. The normalized spacial score (nSPS) is 12.0. The quantitative estimate of drug-likeness (QED) is 0.803. The fraction of sp³-hybridized carbons (Fsp3) is 0.188. The predicted octanol–water partition coefficient (Wildman–Crippen LogP) is 3.60. The van der Waals surface area contributed by atoms with Gasteiger partial charge in [0.05, 0.1) is 16.6 Å². The summed E-state index contributed by atoms with van der Waals surface area (Å²) in [6.07, 6.45) is -4.34. The molecule has 0 aliphatic carbocycles. The predicted molar refractivity (Wildman–Crippen MR) is 76.2 cm³/mol. The van der Waals surface area contributed by atoms with Crippen molar-refractivity contribution >= 4 is 11.0 Å². The summed E-state index contributed by atoms with van der Waals surface area (Å²) in [5, 5.41) is 9.42. The van der Waals surface area contributed by atoms with Gasteiger partial charge >= 0.3 is 6.18 Å². The molecule has 2 aromatic carbocycles. The number of aliphatic hydroxyl groups excluding tert-OH is 1. The molecule has 3 nitrogen and oxygen atoms in total. The summed E-state index contributed by atoms with van der Waals surface area (Å²) < 4.78 is 39.5. The molecule has 3 rings (SSSR count). The highest BCUT2D eigenvalue weighted by Crippen LogP contribution is 2.29. The largest absolute Gasteiger partial charge is 0.416 e. The maximum atomic E-state index is 12.6. The van der Waals surface area contributed by atoms with Gasteiger partial charge in [0.25, 0.3) is 0 Å². The van der Waals surface area contributed by atoms with Gasteiger partial charge in [-0.2, -0.15) is 13.2 Å². The minimum absolute atomic E-state index is 0.227. The summed E-state index contributed by atoms with van der Waals surface area (Å²) in [6.45, 7) is 0.129. The van der Waals surface area contributed by atoms with Crippen LogP contribution in [-0.2, 0) is 19.3 Å². The lowest BCUT2D eigenvalue weighted by Crippen LogP contribution is -2.07. The molecule has 0 atom stereocenters. The van der Waals surface area contributed by atoms with Crippen molar-refractivity contribution < 1.29 is 18.3 Å². The molecular weight excluding hydrogens is 293 g/mol. The molecule has 0 aliphatic heterocycles. The van der Waals surface area contributed by atoms with Crippen molar-refractivity contribution in [3.63, 3.8) is 0 Å². The maximum absolute atomic E-state index is 12.6. The monoisotopic (exact) mass is 306 g/mol. The van der Waals surface area contributed by atoms with Crippen LogP contribution in [0.5, 0.6) is 0 Å². The van der Waals surface area contributed by atoms with Crippen LogP contribution in [0.2, 0.25) is 0 Å². The van der Waals surface area contributed by atoms with E-state index in [1.54, 1.807) is 4.57 Å². The molecule has 6 heteroatoms. The van der Waals surface area contributed by atoms with Gasteiger partial charge in [-0.05, 0) is 29.8 Å². The number of nitrogens with zero attached hydrogens (tertiary/aromatic N) is 2. The molecule has 114 valence electrons. The summed E-state index contributed by atoms with van der Waals surface area (Å²) in [6, 6.07) is 12.4. The molecule has 0 bridgehead atoms. The zero-order chi connectivity index (χ0) is 15.7. The number of hydrogen-bond acceptors (Lipinski definition) is 2. The summed E-state index contributed by atoms with van der Waals surface area (Å²) >= 11 is 0. The van der Waals surface area contributed by atoms with Crippen molar-refractivity contribution in [1.29, 1.82) is 0 Å². The smallest absolute Gasteiger partial charge is 0.388 e. The Morgan fingerprint density at radius 2 is 1.68 bits per heavy atom. The average Bonchev–Trinajstić information content (AvgIpc) is 2.85. The van der Waals surface area contributed by atoms with Gasteiger partial charge in [0, 0.05) is 6.54 Å². The maximum Gasteiger partial charge on any atom is 0.416 e. The van der Waals surface area contributed by atoms with E-state index in [1.807, 2.05) is 24.3 Å². The number of halogens is 3. The Kier molecular flexibility index (Phi) is 3.62. The minimum Gasteiger partial charge on any atom is -0.388 e. The lowest BCUT2D eigenvalue weighted by Gasteiger charge is -2.10. The number of alkyl halides is 3. The molecule has 0 saturated heterocycles. The Balaban J connectivity index is 1.96. The van der Waals surface area contributed by atoms with Crippen LogP contribution in [0.25, 0.3) is 11.0 Å². The Morgan fingerprint density at radius 1 is 1.00 bits per heavy atom. The summed E-state index contributed by atoms with van der Waals surface area (Å²) in [5.41, 5.74) is 1.63. The molecule has 0 unspecified atom stereocenters. The van der Waals surface area contributed by atoms with Gasteiger partial charge in [-0.25, -0.2) is 4.98 Å². The fourth-order valence-corrected chi connectivity index (χ4v) is 2.40. The molecule has 1 heterocycles. The summed E-state index contributed by atoms with van der Waals surface area (Å²) in [5.74, 6) is 0.487.